The summed E-state index contributed by atoms with van der Waals surface area (Å²) >= 11 is 1.65. The molecule has 2 aromatic rings. The fraction of sp³-hybridized carbons (Fsp3) is 0.350. The molecule has 0 aliphatic heterocycles. The molecule has 0 aliphatic carbocycles. The highest BCUT2D eigenvalue weighted by atomic mass is 32.2. The van der Waals surface area contributed by atoms with E-state index in [9.17, 15) is 13.6 Å². The molecule has 0 fully saturated rings. The first-order chi connectivity index (χ1) is 13.4. The molecule has 2 rings (SSSR count). The Morgan fingerprint density at radius 1 is 1.21 bits per heavy atom. The highest BCUT2D eigenvalue weighted by molar-refractivity contribution is 7.98. The lowest BCUT2D eigenvalue weighted by molar-refractivity contribution is -0.120. The van der Waals surface area contributed by atoms with E-state index in [0.29, 0.717) is 30.0 Å². The molecule has 3 N–H and O–H groups in total. The minimum Gasteiger partial charge on any atom is -0.496 e. The number of nitrogens with one attached hydrogen (secondary N) is 1. The van der Waals surface area contributed by atoms with Crippen molar-refractivity contribution in [1.82, 2.24) is 5.32 Å². The van der Waals surface area contributed by atoms with Gasteiger partial charge >= 0.3 is 0 Å². The molecule has 5 nitrogen and oxygen atoms in total. The van der Waals surface area contributed by atoms with Crippen molar-refractivity contribution in [1.29, 1.82) is 0 Å². The van der Waals surface area contributed by atoms with Crippen molar-refractivity contribution in [2.75, 3.05) is 19.1 Å². The van der Waals surface area contributed by atoms with Gasteiger partial charge in [-0.05, 0) is 42.2 Å². The van der Waals surface area contributed by atoms with E-state index in [2.05, 4.69) is 5.32 Å². The Kier molecular flexibility index (Phi) is 8.53. The molecule has 0 aliphatic rings. The lowest BCUT2D eigenvalue weighted by atomic mass is 10.1. The number of benzene rings is 2. The molecular formula is C20H24F2N2O3S. The molecule has 0 spiro atoms. The van der Waals surface area contributed by atoms with Gasteiger partial charge in [0, 0.05) is 24.2 Å². The molecule has 2 aromatic carbocycles. The van der Waals surface area contributed by atoms with Gasteiger partial charge in [0.2, 0.25) is 5.91 Å². The molecule has 0 radical (unpaired) electrons. The summed E-state index contributed by atoms with van der Waals surface area (Å²) in [7, 11) is 1.53. The van der Waals surface area contributed by atoms with Crippen LogP contribution in [-0.2, 0) is 17.9 Å². The Morgan fingerprint density at radius 3 is 2.54 bits per heavy atom. The van der Waals surface area contributed by atoms with Crippen LogP contribution in [0.25, 0.3) is 0 Å². The van der Waals surface area contributed by atoms with Gasteiger partial charge in [-0.15, -0.1) is 0 Å². The fourth-order valence-electron chi connectivity index (χ4n) is 2.64. The molecule has 1 amide bonds. The first-order valence-electron chi connectivity index (χ1n) is 8.69. The summed E-state index contributed by atoms with van der Waals surface area (Å²) in [6.07, 6.45) is 2.61. The van der Waals surface area contributed by atoms with E-state index in [4.69, 9.17) is 15.2 Å². The Bertz CT molecular complexity index is 785. The van der Waals surface area contributed by atoms with Gasteiger partial charge in [-0.25, -0.2) is 8.78 Å². The lowest BCUT2D eigenvalue weighted by Crippen LogP contribution is -2.41. The number of hydrogen-bond donors (Lipinski definition) is 2. The van der Waals surface area contributed by atoms with Crippen LogP contribution in [0.5, 0.6) is 11.5 Å². The van der Waals surface area contributed by atoms with E-state index in [0.717, 1.165) is 17.4 Å². The summed E-state index contributed by atoms with van der Waals surface area (Å²) in [5.41, 5.74) is 6.66. The topological polar surface area (TPSA) is 73.6 Å². The highest BCUT2D eigenvalue weighted by Crippen LogP contribution is 2.25. The number of carbonyl (C=O) groups is 1. The largest absolute Gasteiger partial charge is 0.496 e. The van der Waals surface area contributed by atoms with Crippen LogP contribution in [0, 0.1) is 11.6 Å². The summed E-state index contributed by atoms with van der Waals surface area (Å²) in [5.74, 6) is 0.203. The maximum Gasteiger partial charge on any atom is 0.234 e. The SMILES string of the molecule is COc1cc(OCc2cc(F)cc(F)c2)ccc1CNC(CCSC)C(N)=O. The first-order valence-corrected chi connectivity index (χ1v) is 10.1. The van der Waals surface area contributed by atoms with Crippen molar-refractivity contribution in [2.24, 2.45) is 5.73 Å². The van der Waals surface area contributed by atoms with Crippen molar-refractivity contribution in [2.45, 2.75) is 25.6 Å². The predicted octanol–water partition coefficient (Wildman–Crippen LogP) is 3.25. The number of hydrogen-bond acceptors (Lipinski definition) is 5. The van der Waals surface area contributed by atoms with Crippen LogP contribution >= 0.6 is 11.8 Å². The van der Waals surface area contributed by atoms with Crippen molar-refractivity contribution in [3.05, 3.63) is 59.2 Å². The summed E-state index contributed by atoms with van der Waals surface area (Å²) < 4.78 is 37.5. The van der Waals surface area contributed by atoms with Crippen molar-refractivity contribution in [3.63, 3.8) is 0 Å². The number of ether oxygens (including phenoxy) is 2. The number of rotatable bonds is 11. The fourth-order valence-corrected chi connectivity index (χ4v) is 3.11. The molecule has 0 saturated carbocycles. The number of carbonyl (C=O) groups excluding carboxylic acids is 1. The highest BCUT2D eigenvalue weighted by Gasteiger charge is 2.15. The van der Waals surface area contributed by atoms with Crippen LogP contribution in [0.3, 0.4) is 0 Å². The number of halogens is 2. The van der Waals surface area contributed by atoms with Gasteiger partial charge in [0.25, 0.3) is 0 Å². The van der Waals surface area contributed by atoms with Gasteiger partial charge in [-0.1, -0.05) is 6.07 Å². The van der Waals surface area contributed by atoms with Gasteiger partial charge in [0.15, 0.2) is 0 Å². The number of primary amides is 1. The molecular weight excluding hydrogens is 386 g/mol. The number of thioether (sulfide) groups is 1. The minimum atomic E-state index is -0.650. The molecule has 1 unspecified atom stereocenters. The Labute approximate surface area is 167 Å². The van der Waals surface area contributed by atoms with Gasteiger partial charge in [-0.2, -0.15) is 11.8 Å². The van der Waals surface area contributed by atoms with Crippen molar-refractivity contribution >= 4 is 17.7 Å². The quantitative estimate of drug-likeness (QED) is 0.595. The van der Waals surface area contributed by atoms with Crippen LogP contribution < -0.4 is 20.5 Å². The summed E-state index contributed by atoms with van der Waals surface area (Å²) in [6, 6.07) is 8.06. The third-order valence-electron chi connectivity index (χ3n) is 4.08. The van der Waals surface area contributed by atoms with Gasteiger partial charge in [0.05, 0.1) is 13.2 Å². The molecule has 0 bridgehead atoms. The maximum absolute atomic E-state index is 13.3. The lowest BCUT2D eigenvalue weighted by Gasteiger charge is -2.17. The van der Waals surface area contributed by atoms with Crippen LogP contribution in [0.4, 0.5) is 8.78 Å². The predicted molar refractivity (Wildman–Crippen MR) is 107 cm³/mol. The monoisotopic (exact) mass is 410 g/mol. The third-order valence-corrected chi connectivity index (χ3v) is 4.72. The van der Waals surface area contributed by atoms with Gasteiger partial charge in [-0.3, -0.25) is 4.79 Å². The van der Waals surface area contributed by atoms with E-state index in [-0.39, 0.29) is 6.61 Å². The average molecular weight is 410 g/mol. The van der Waals surface area contributed by atoms with E-state index < -0.39 is 23.6 Å². The zero-order valence-corrected chi connectivity index (χ0v) is 16.7. The van der Waals surface area contributed by atoms with Crippen molar-refractivity contribution in [3.8, 4) is 11.5 Å². The Hall–Kier alpha value is -2.32. The first kappa shape index (κ1) is 22.0. The maximum atomic E-state index is 13.3. The van der Waals surface area contributed by atoms with E-state index >= 15 is 0 Å². The standard InChI is InChI=1S/C20H24F2N2O3S/c1-26-19-10-17(27-12-13-7-15(21)9-16(22)8-13)4-3-14(19)11-24-18(20(23)25)5-6-28-2/h3-4,7-10,18,24H,5-6,11-12H2,1-2H3,(H2,23,25). The molecule has 0 heterocycles. The molecule has 0 saturated heterocycles. The number of methoxy groups -OCH3 is 1. The Balaban J connectivity index is 2.01. The summed E-state index contributed by atoms with van der Waals surface area (Å²) in [6.45, 7) is 0.425. The average Bonchev–Trinajstić information content (AvgIpc) is 2.65. The molecule has 28 heavy (non-hydrogen) atoms. The van der Waals surface area contributed by atoms with Gasteiger partial charge < -0.3 is 20.5 Å². The second-order valence-corrected chi connectivity index (χ2v) is 7.14. The van der Waals surface area contributed by atoms with Crippen LogP contribution in [-0.4, -0.2) is 31.1 Å². The summed E-state index contributed by atoms with van der Waals surface area (Å²) in [4.78, 5) is 11.5. The second-order valence-electron chi connectivity index (χ2n) is 6.16. The second kappa shape index (κ2) is 10.9. The van der Waals surface area contributed by atoms with Crippen LogP contribution in [0.1, 0.15) is 17.5 Å². The molecule has 152 valence electrons. The third kappa shape index (κ3) is 6.69. The number of amides is 1. The van der Waals surface area contributed by atoms with Crippen molar-refractivity contribution < 1.29 is 23.0 Å². The summed E-state index contributed by atoms with van der Waals surface area (Å²) in [5, 5.41) is 3.14. The molecule has 0 aromatic heterocycles. The van der Waals surface area contributed by atoms with Gasteiger partial charge in [0.1, 0.15) is 29.7 Å². The van der Waals surface area contributed by atoms with E-state index in [1.807, 2.05) is 6.26 Å². The number of nitrogens with two attached hydrogens (primary N) is 1. The van der Waals surface area contributed by atoms with Crippen LogP contribution in [0.15, 0.2) is 36.4 Å². The molecule has 8 heteroatoms. The minimum absolute atomic E-state index is 0.0217. The van der Waals surface area contributed by atoms with Crippen LogP contribution in [0.2, 0.25) is 0 Å². The zero-order valence-electron chi connectivity index (χ0n) is 15.8. The normalized spacial score (nSPS) is 11.9. The Morgan fingerprint density at radius 2 is 1.93 bits per heavy atom. The molecule has 1 atom stereocenters. The zero-order chi connectivity index (χ0) is 20.5. The van der Waals surface area contributed by atoms with E-state index in [1.54, 1.807) is 30.0 Å². The smallest absolute Gasteiger partial charge is 0.234 e. The van der Waals surface area contributed by atoms with E-state index in [1.165, 1.54) is 19.2 Å².